The second-order valence-corrected chi connectivity index (χ2v) is 8.15. The Bertz CT molecular complexity index is 842. The van der Waals surface area contributed by atoms with E-state index in [-0.39, 0.29) is 17.7 Å². The first-order chi connectivity index (χ1) is 13.6. The van der Waals surface area contributed by atoms with Gasteiger partial charge in [-0.2, -0.15) is 5.10 Å². The first-order valence-electron chi connectivity index (χ1n) is 9.97. The molecule has 2 amide bonds. The summed E-state index contributed by atoms with van der Waals surface area (Å²) in [7, 11) is 0. The zero-order chi connectivity index (χ0) is 19.5. The predicted molar refractivity (Wildman–Crippen MR) is 108 cm³/mol. The highest BCUT2D eigenvalue weighted by Gasteiger charge is 2.35. The lowest BCUT2D eigenvalue weighted by molar-refractivity contribution is -0.140. The van der Waals surface area contributed by atoms with Gasteiger partial charge >= 0.3 is 0 Å². The number of halogens is 1. The van der Waals surface area contributed by atoms with E-state index in [0.717, 1.165) is 29.7 Å². The molecule has 1 aromatic carbocycles. The van der Waals surface area contributed by atoms with Gasteiger partial charge in [0.15, 0.2) is 0 Å². The van der Waals surface area contributed by atoms with Crippen LogP contribution in [0, 0.1) is 5.92 Å². The quantitative estimate of drug-likeness (QED) is 0.805. The minimum absolute atomic E-state index is 0.0127. The number of piperidine rings is 1. The summed E-state index contributed by atoms with van der Waals surface area (Å²) < 4.78 is 0. The Labute approximate surface area is 169 Å². The molecule has 0 spiro atoms. The van der Waals surface area contributed by atoms with E-state index in [0.29, 0.717) is 37.0 Å². The van der Waals surface area contributed by atoms with Crippen LogP contribution in [-0.2, 0) is 16.1 Å². The SMILES string of the molecule is O=C(NCc1cn[nH]c1-c1ccc(Cl)cc1)[C@H]1CCC(=O)N(C2CCCC2)C1. The Hall–Kier alpha value is -2.34. The summed E-state index contributed by atoms with van der Waals surface area (Å²) >= 11 is 5.96. The number of likely N-dealkylation sites (tertiary alicyclic amines) is 1. The van der Waals surface area contributed by atoms with E-state index < -0.39 is 0 Å². The molecule has 28 heavy (non-hydrogen) atoms. The van der Waals surface area contributed by atoms with Gasteiger partial charge in [-0.3, -0.25) is 14.7 Å². The van der Waals surface area contributed by atoms with Crippen LogP contribution in [0.1, 0.15) is 44.1 Å². The minimum atomic E-state index is -0.135. The fourth-order valence-electron chi connectivity index (χ4n) is 4.29. The van der Waals surface area contributed by atoms with Crippen molar-refractivity contribution >= 4 is 23.4 Å². The number of amides is 2. The highest BCUT2D eigenvalue weighted by atomic mass is 35.5. The molecule has 1 saturated carbocycles. The third-order valence-corrected chi connectivity index (χ3v) is 6.14. The number of hydrogen-bond donors (Lipinski definition) is 2. The summed E-state index contributed by atoms with van der Waals surface area (Å²) in [6.07, 6.45) is 7.33. The molecule has 6 nitrogen and oxygen atoms in total. The van der Waals surface area contributed by atoms with Crippen LogP contribution in [0.4, 0.5) is 0 Å². The number of nitrogens with zero attached hydrogens (tertiary/aromatic N) is 2. The van der Waals surface area contributed by atoms with Crippen molar-refractivity contribution in [2.24, 2.45) is 5.92 Å². The standard InChI is InChI=1S/C21H25ClN4O2/c22-17-8-5-14(6-9-17)20-16(12-24-25-20)11-23-21(28)15-7-10-19(27)26(13-15)18-3-1-2-4-18/h5-6,8-9,12,15,18H,1-4,7,10-11,13H2,(H,23,28)(H,24,25)/t15-/m0/s1. The van der Waals surface area contributed by atoms with Gasteiger partial charge in [-0.15, -0.1) is 0 Å². The molecule has 148 valence electrons. The summed E-state index contributed by atoms with van der Waals surface area (Å²) in [4.78, 5) is 27.0. The Morgan fingerprint density at radius 1 is 1.21 bits per heavy atom. The van der Waals surface area contributed by atoms with E-state index in [1.807, 2.05) is 29.2 Å². The molecule has 1 aromatic heterocycles. The van der Waals surface area contributed by atoms with Crippen molar-refractivity contribution in [1.29, 1.82) is 0 Å². The molecule has 2 heterocycles. The summed E-state index contributed by atoms with van der Waals surface area (Å²) in [6.45, 7) is 0.950. The predicted octanol–water partition coefficient (Wildman–Crippen LogP) is 3.53. The average Bonchev–Trinajstić information content (AvgIpc) is 3.39. The van der Waals surface area contributed by atoms with Gasteiger partial charge in [0, 0.05) is 36.1 Å². The second kappa shape index (κ2) is 8.35. The van der Waals surface area contributed by atoms with E-state index in [4.69, 9.17) is 11.6 Å². The molecule has 0 bridgehead atoms. The summed E-state index contributed by atoms with van der Waals surface area (Å²) in [5.74, 6) is 0.0822. The maximum absolute atomic E-state index is 12.8. The van der Waals surface area contributed by atoms with Crippen LogP contribution in [0.3, 0.4) is 0 Å². The minimum Gasteiger partial charge on any atom is -0.352 e. The number of carbonyl (C=O) groups excluding carboxylic acids is 2. The molecule has 7 heteroatoms. The average molecular weight is 401 g/mol. The van der Waals surface area contributed by atoms with Crippen LogP contribution in [0.25, 0.3) is 11.3 Å². The van der Waals surface area contributed by atoms with Crippen LogP contribution < -0.4 is 5.32 Å². The lowest BCUT2D eigenvalue weighted by Gasteiger charge is -2.36. The van der Waals surface area contributed by atoms with Crippen molar-refractivity contribution in [2.75, 3.05) is 6.54 Å². The first-order valence-corrected chi connectivity index (χ1v) is 10.3. The van der Waals surface area contributed by atoms with Crippen LogP contribution >= 0.6 is 11.6 Å². The fraction of sp³-hybridized carbons (Fsp3) is 0.476. The lowest BCUT2D eigenvalue weighted by Crippen LogP contribution is -2.49. The maximum atomic E-state index is 12.8. The Morgan fingerprint density at radius 2 is 1.96 bits per heavy atom. The van der Waals surface area contributed by atoms with E-state index in [1.54, 1.807) is 6.20 Å². The fourth-order valence-corrected chi connectivity index (χ4v) is 4.42. The van der Waals surface area contributed by atoms with Gasteiger partial charge in [0.25, 0.3) is 0 Å². The monoisotopic (exact) mass is 400 g/mol. The lowest BCUT2D eigenvalue weighted by atomic mass is 9.94. The zero-order valence-corrected chi connectivity index (χ0v) is 16.5. The van der Waals surface area contributed by atoms with E-state index in [1.165, 1.54) is 12.8 Å². The normalized spacial score (nSPS) is 20.5. The highest BCUT2D eigenvalue weighted by molar-refractivity contribution is 6.30. The number of aromatic nitrogens is 2. The van der Waals surface area contributed by atoms with Crippen LogP contribution in [-0.4, -0.2) is 39.5 Å². The number of rotatable bonds is 5. The molecule has 2 fully saturated rings. The number of benzene rings is 1. The van der Waals surface area contributed by atoms with Gasteiger partial charge < -0.3 is 10.2 Å². The smallest absolute Gasteiger partial charge is 0.225 e. The van der Waals surface area contributed by atoms with Crippen molar-refractivity contribution in [3.05, 3.63) is 41.0 Å². The molecule has 1 aliphatic heterocycles. The van der Waals surface area contributed by atoms with E-state index in [9.17, 15) is 9.59 Å². The topological polar surface area (TPSA) is 78.1 Å². The summed E-state index contributed by atoms with van der Waals surface area (Å²) in [6, 6.07) is 7.84. The number of H-pyrrole nitrogens is 1. The van der Waals surface area contributed by atoms with Crippen molar-refractivity contribution in [3.8, 4) is 11.3 Å². The van der Waals surface area contributed by atoms with Crippen molar-refractivity contribution in [2.45, 2.75) is 51.1 Å². The molecule has 1 aliphatic carbocycles. The molecule has 2 N–H and O–H groups in total. The van der Waals surface area contributed by atoms with Gasteiger partial charge in [0.2, 0.25) is 11.8 Å². The van der Waals surface area contributed by atoms with Gasteiger partial charge in [-0.05, 0) is 37.0 Å². The number of nitrogens with one attached hydrogen (secondary N) is 2. The van der Waals surface area contributed by atoms with E-state index in [2.05, 4.69) is 15.5 Å². The van der Waals surface area contributed by atoms with Crippen molar-refractivity contribution in [3.63, 3.8) is 0 Å². The molecule has 2 aliphatic rings. The van der Waals surface area contributed by atoms with Crippen molar-refractivity contribution in [1.82, 2.24) is 20.4 Å². The molecule has 0 unspecified atom stereocenters. The summed E-state index contributed by atoms with van der Waals surface area (Å²) in [5.41, 5.74) is 2.78. The van der Waals surface area contributed by atoms with Crippen LogP contribution in [0.15, 0.2) is 30.5 Å². The number of hydrogen-bond acceptors (Lipinski definition) is 3. The molecule has 1 saturated heterocycles. The molecule has 2 aromatic rings. The zero-order valence-electron chi connectivity index (χ0n) is 15.8. The van der Waals surface area contributed by atoms with Gasteiger partial charge in [0.05, 0.1) is 17.8 Å². The number of aromatic amines is 1. The number of carbonyl (C=O) groups is 2. The van der Waals surface area contributed by atoms with E-state index >= 15 is 0 Å². The van der Waals surface area contributed by atoms with Gasteiger partial charge in [0.1, 0.15) is 0 Å². The van der Waals surface area contributed by atoms with Crippen molar-refractivity contribution < 1.29 is 9.59 Å². The molecular weight excluding hydrogens is 376 g/mol. The third-order valence-electron chi connectivity index (χ3n) is 5.88. The molecular formula is C21H25ClN4O2. The van der Waals surface area contributed by atoms with Crippen LogP contribution in [0.5, 0.6) is 0 Å². The Balaban J connectivity index is 1.38. The van der Waals surface area contributed by atoms with Gasteiger partial charge in [-0.25, -0.2) is 0 Å². The maximum Gasteiger partial charge on any atom is 0.225 e. The Morgan fingerprint density at radius 3 is 2.71 bits per heavy atom. The first kappa shape index (κ1) is 19.0. The third kappa shape index (κ3) is 4.07. The summed E-state index contributed by atoms with van der Waals surface area (Å²) in [5, 5.41) is 10.8. The largest absolute Gasteiger partial charge is 0.352 e. The molecule has 1 atom stereocenters. The molecule has 0 radical (unpaired) electrons. The Kier molecular flexibility index (Phi) is 5.67. The second-order valence-electron chi connectivity index (χ2n) is 7.71. The van der Waals surface area contributed by atoms with Gasteiger partial charge in [-0.1, -0.05) is 36.6 Å². The highest BCUT2D eigenvalue weighted by Crippen LogP contribution is 2.29. The molecule has 4 rings (SSSR count). The van der Waals surface area contributed by atoms with Crippen LogP contribution in [0.2, 0.25) is 5.02 Å².